The standard InChI is InChI=1S/C12H14BrN3O2/c1-16-12(17)8(6-14)11(15-16)7-3-4-10(18-2)9(13)5-7/h3-5,15H,6,14H2,1-2H3. The molecule has 0 aliphatic rings. The number of nitrogens with one attached hydrogen (secondary N) is 1. The van der Waals surface area contributed by atoms with E-state index in [1.165, 1.54) is 4.68 Å². The average Bonchev–Trinajstić information content (AvgIpc) is 2.65. The van der Waals surface area contributed by atoms with Crippen LogP contribution in [0.1, 0.15) is 5.56 Å². The second-order valence-electron chi connectivity index (χ2n) is 3.88. The summed E-state index contributed by atoms with van der Waals surface area (Å²) < 4.78 is 7.43. The number of aromatic nitrogens is 2. The maximum Gasteiger partial charge on any atom is 0.271 e. The molecular weight excluding hydrogens is 298 g/mol. The lowest BCUT2D eigenvalue weighted by Gasteiger charge is -2.06. The Morgan fingerprint density at radius 3 is 2.78 bits per heavy atom. The number of nitrogens with two attached hydrogens (primary N) is 1. The number of hydrogen-bond donors (Lipinski definition) is 2. The molecule has 0 bridgehead atoms. The lowest BCUT2D eigenvalue weighted by molar-refractivity contribution is 0.412. The molecule has 96 valence electrons. The number of halogens is 1. The number of methoxy groups -OCH3 is 1. The van der Waals surface area contributed by atoms with Crippen molar-refractivity contribution >= 4 is 15.9 Å². The molecule has 2 rings (SSSR count). The number of aromatic amines is 1. The van der Waals surface area contributed by atoms with E-state index < -0.39 is 0 Å². The van der Waals surface area contributed by atoms with Gasteiger partial charge < -0.3 is 10.5 Å². The smallest absolute Gasteiger partial charge is 0.271 e. The monoisotopic (exact) mass is 311 g/mol. The molecule has 0 unspecified atom stereocenters. The van der Waals surface area contributed by atoms with Crippen LogP contribution in [-0.2, 0) is 13.6 Å². The maximum atomic E-state index is 11.8. The third-order valence-electron chi connectivity index (χ3n) is 2.79. The number of rotatable bonds is 3. The van der Waals surface area contributed by atoms with Crippen LogP contribution in [0.15, 0.2) is 27.5 Å². The van der Waals surface area contributed by atoms with Crippen LogP contribution < -0.4 is 16.0 Å². The lowest BCUT2D eigenvalue weighted by Crippen LogP contribution is -2.17. The molecule has 1 heterocycles. The van der Waals surface area contributed by atoms with Crippen molar-refractivity contribution in [2.24, 2.45) is 12.8 Å². The molecule has 0 radical (unpaired) electrons. The zero-order valence-corrected chi connectivity index (χ0v) is 11.7. The summed E-state index contributed by atoms with van der Waals surface area (Å²) in [5, 5.41) is 3.01. The highest BCUT2D eigenvalue weighted by Gasteiger charge is 2.13. The Balaban J connectivity index is 2.59. The molecule has 0 aliphatic carbocycles. The molecule has 2 aromatic rings. The van der Waals surface area contributed by atoms with Crippen LogP contribution >= 0.6 is 15.9 Å². The number of aryl methyl sites for hydroxylation is 1. The lowest BCUT2D eigenvalue weighted by atomic mass is 10.1. The summed E-state index contributed by atoms with van der Waals surface area (Å²) >= 11 is 3.42. The normalized spacial score (nSPS) is 10.7. The van der Waals surface area contributed by atoms with E-state index in [1.807, 2.05) is 18.2 Å². The molecule has 0 amide bonds. The van der Waals surface area contributed by atoms with E-state index in [9.17, 15) is 4.79 Å². The highest BCUT2D eigenvalue weighted by molar-refractivity contribution is 9.10. The fourth-order valence-corrected chi connectivity index (χ4v) is 2.39. The van der Waals surface area contributed by atoms with Gasteiger partial charge in [-0.05, 0) is 34.1 Å². The van der Waals surface area contributed by atoms with Crippen LogP contribution in [-0.4, -0.2) is 16.9 Å². The van der Waals surface area contributed by atoms with Crippen LogP contribution in [0.4, 0.5) is 0 Å². The van der Waals surface area contributed by atoms with Crippen molar-refractivity contribution in [1.82, 2.24) is 9.78 Å². The third-order valence-corrected chi connectivity index (χ3v) is 3.41. The second-order valence-corrected chi connectivity index (χ2v) is 4.74. The van der Waals surface area contributed by atoms with Crippen LogP contribution in [0, 0.1) is 0 Å². The van der Waals surface area contributed by atoms with Gasteiger partial charge in [0.2, 0.25) is 0 Å². The fraction of sp³-hybridized carbons (Fsp3) is 0.250. The van der Waals surface area contributed by atoms with Gasteiger partial charge in [0.1, 0.15) is 5.75 Å². The zero-order chi connectivity index (χ0) is 13.3. The molecule has 6 heteroatoms. The summed E-state index contributed by atoms with van der Waals surface area (Å²) in [7, 11) is 3.28. The predicted octanol–water partition coefficient (Wildman–Crippen LogP) is 1.61. The van der Waals surface area contributed by atoms with Gasteiger partial charge in [-0.1, -0.05) is 0 Å². The third kappa shape index (κ3) is 2.09. The molecule has 0 fully saturated rings. The van der Waals surface area contributed by atoms with Gasteiger partial charge in [-0.3, -0.25) is 14.6 Å². The van der Waals surface area contributed by atoms with Crippen molar-refractivity contribution in [2.45, 2.75) is 6.54 Å². The summed E-state index contributed by atoms with van der Waals surface area (Å²) in [6.45, 7) is 0.204. The van der Waals surface area contributed by atoms with Crippen molar-refractivity contribution in [3.63, 3.8) is 0 Å². The Morgan fingerprint density at radius 2 is 2.22 bits per heavy atom. The largest absolute Gasteiger partial charge is 0.496 e. The van der Waals surface area contributed by atoms with E-state index in [1.54, 1.807) is 14.2 Å². The Hall–Kier alpha value is -1.53. The topological polar surface area (TPSA) is 73.0 Å². The van der Waals surface area contributed by atoms with Crippen molar-refractivity contribution < 1.29 is 4.74 Å². The minimum Gasteiger partial charge on any atom is -0.496 e. The van der Waals surface area contributed by atoms with Crippen LogP contribution in [0.5, 0.6) is 5.75 Å². The first kappa shape index (κ1) is 12.9. The molecule has 1 aromatic heterocycles. The van der Waals surface area contributed by atoms with E-state index in [4.69, 9.17) is 10.5 Å². The van der Waals surface area contributed by atoms with Gasteiger partial charge in [-0.2, -0.15) is 0 Å². The first-order chi connectivity index (χ1) is 8.58. The van der Waals surface area contributed by atoms with Gasteiger partial charge in [-0.15, -0.1) is 0 Å². The molecule has 0 aliphatic heterocycles. The molecule has 0 saturated heterocycles. The highest BCUT2D eigenvalue weighted by atomic mass is 79.9. The highest BCUT2D eigenvalue weighted by Crippen LogP contribution is 2.30. The Kier molecular flexibility index (Phi) is 3.58. The average molecular weight is 312 g/mol. The number of nitrogens with zero attached hydrogens (tertiary/aromatic N) is 1. The molecule has 18 heavy (non-hydrogen) atoms. The van der Waals surface area contributed by atoms with Crippen LogP contribution in [0.2, 0.25) is 0 Å². The van der Waals surface area contributed by atoms with Crippen molar-refractivity contribution in [3.8, 4) is 17.0 Å². The van der Waals surface area contributed by atoms with E-state index in [0.29, 0.717) is 5.56 Å². The summed E-state index contributed by atoms with van der Waals surface area (Å²) in [5.41, 5.74) is 7.74. The molecule has 5 nitrogen and oxygen atoms in total. The Labute approximate surface area is 113 Å². The number of ether oxygens (including phenoxy) is 1. The van der Waals surface area contributed by atoms with Gasteiger partial charge in [0.05, 0.1) is 22.8 Å². The zero-order valence-electron chi connectivity index (χ0n) is 10.2. The number of hydrogen-bond acceptors (Lipinski definition) is 3. The second kappa shape index (κ2) is 4.99. The van der Waals surface area contributed by atoms with E-state index >= 15 is 0 Å². The SMILES string of the molecule is COc1ccc(-c2[nH]n(C)c(=O)c2CN)cc1Br. The Bertz CT molecular complexity index is 631. The van der Waals surface area contributed by atoms with Gasteiger partial charge in [0, 0.05) is 19.2 Å². The summed E-state index contributed by atoms with van der Waals surface area (Å²) in [6.07, 6.45) is 0. The maximum absolute atomic E-state index is 11.8. The molecule has 0 atom stereocenters. The predicted molar refractivity (Wildman–Crippen MR) is 73.6 cm³/mol. The molecule has 0 spiro atoms. The van der Waals surface area contributed by atoms with E-state index in [2.05, 4.69) is 21.0 Å². The molecule has 1 aromatic carbocycles. The van der Waals surface area contributed by atoms with Gasteiger partial charge in [0.15, 0.2) is 0 Å². The Morgan fingerprint density at radius 1 is 1.50 bits per heavy atom. The summed E-state index contributed by atoms with van der Waals surface area (Å²) in [4.78, 5) is 11.8. The number of H-pyrrole nitrogens is 1. The fourth-order valence-electron chi connectivity index (χ4n) is 1.85. The molecule has 0 saturated carbocycles. The quantitative estimate of drug-likeness (QED) is 0.904. The minimum atomic E-state index is -0.0977. The van der Waals surface area contributed by atoms with Crippen molar-refractivity contribution in [1.29, 1.82) is 0 Å². The van der Waals surface area contributed by atoms with Crippen LogP contribution in [0.25, 0.3) is 11.3 Å². The summed E-state index contributed by atoms with van der Waals surface area (Å²) in [6, 6.07) is 5.61. The first-order valence-corrected chi connectivity index (χ1v) is 6.19. The van der Waals surface area contributed by atoms with Gasteiger partial charge in [-0.25, -0.2) is 0 Å². The van der Waals surface area contributed by atoms with Gasteiger partial charge in [0.25, 0.3) is 5.56 Å². The minimum absolute atomic E-state index is 0.0977. The van der Waals surface area contributed by atoms with Crippen molar-refractivity contribution in [3.05, 3.63) is 38.6 Å². The van der Waals surface area contributed by atoms with Crippen molar-refractivity contribution in [2.75, 3.05) is 7.11 Å². The summed E-state index contributed by atoms with van der Waals surface area (Å²) in [5.74, 6) is 0.742. The van der Waals surface area contributed by atoms with Gasteiger partial charge >= 0.3 is 0 Å². The molecule has 3 N–H and O–H groups in total. The molecular formula is C12H14BrN3O2. The van der Waals surface area contributed by atoms with E-state index in [0.717, 1.165) is 21.5 Å². The first-order valence-electron chi connectivity index (χ1n) is 5.40. The van der Waals surface area contributed by atoms with Crippen LogP contribution in [0.3, 0.4) is 0 Å². The van der Waals surface area contributed by atoms with E-state index in [-0.39, 0.29) is 12.1 Å². The number of benzene rings is 1.